The van der Waals surface area contributed by atoms with Crippen LogP contribution in [-0.2, 0) is 10.8 Å². The van der Waals surface area contributed by atoms with Crippen LogP contribution in [0.2, 0.25) is 0 Å². The Labute approximate surface area is 359 Å². The zero-order valence-corrected chi connectivity index (χ0v) is 37.7. The Balaban J connectivity index is 1.60. The van der Waals surface area contributed by atoms with Crippen LogP contribution in [0.3, 0.4) is 0 Å². The number of fused-ring (bicyclic) bond motifs is 2. The Morgan fingerprint density at radius 1 is 0.400 bits per heavy atom. The van der Waals surface area contributed by atoms with E-state index in [9.17, 15) is 0 Å². The first-order valence-electron chi connectivity index (χ1n) is 22.0. The average molecular weight is 797 g/mol. The summed E-state index contributed by atoms with van der Waals surface area (Å²) in [6.45, 7) is 24.0. The molecular weight excluding hydrogens is 733 g/mol. The van der Waals surface area contributed by atoms with Crippen molar-refractivity contribution in [1.29, 1.82) is 0 Å². The maximum absolute atomic E-state index is 6.18. The molecule has 0 bridgehead atoms. The van der Waals surface area contributed by atoms with Crippen LogP contribution < -0.4 is 19.3 Å². The normalized spacial score (nSPS) is 11.9. The molecule has 0 heterocycles. The van der Waals surface area contributed by atoms with Gasteiger partial charge in [-0.1, -0.05) is 128 Å². The largest absolute Gasteiger partial charge is 0.494 e. The van der Waals surface area contributed by atoms with Crippen LogP contribution in [0.4, 0.5) is 34.1 Å². The molecular formula is C56H64N2O2. The number of ether oxygens (including phenoxy) is 2. The molecule has 7 aromatic carbocycles. The van der Waals surface area contributed by atoms with E-state index in [0.29, 0.717) is 13.2 Å². The predicted octanol–water partition coefficient (Wildman–Crippen LogP) is 16.5. The van der Waals surface area contributed by atoms with Crippen molar-refractivity contribution in [2.75, 3.05) is 23.0 Å². The fourth-order valence-electron chi connectivity index (χ4n) is 7.85. The first-order valence-corrected chi connectivity index (χ1v) is 22.0. The average Bonchev–Trinajstić information content (AvgIpc) is 3.23. The predicted molar refractivity (Wildman–Crippen MR) is 258 cm³/mol. The quantitative estimate of drug-likeness (QED) is 0.0622. The van der Waals surface area contributed by atoms with E-state index in [2.05, 4.69) is 212 Å². The van der Waals surface area contributed by atoms with Gasteiger partial charge in [-0.05, 0) is 134 Å². The lowest BCUT2D eigenvalue weighted by molar-refractivity contribution is 0.309. The van der Waals surface area contributed by atoms with Gasteiger partial charge < -0.3 is 19.3 Å². The first kappa shape index (κ1) is 42.4. The molecule has 7 rings (SSSR count). The van der Waals surface area contributed by atoms with Crippen molar-refractivity contribution in [3.05, 3.63) is 156 Å². The van der Waals surface area contributed by atoms with E-state index in [1.54, 1.807) is 0 Å². The molecule has 310 valence electrons. The molecule has 0 spiro atoms. The Morgan fingerprint density at radius 2 is 0.717 bits per heavy atom. The van der Waals surface area contributed by atoms with Crippen LogP contribution in [0, 0.1) is 13.8 Å². The number of rotatable bonds is 14. The fourth-order valence-corrected chi connectivity index (χ4v) is 7.85. The summed E-state index contributed by atoms with van der Waals surface area (Å²) in [4.78, 5) is 4.93. The third-order valence-corrected chi connectivity index (χ3v) is 11.5. The second-order valence-electron chi connectivity index (χ2n) is 18.5. The minimum Gasteiger partial charge on any atom is -0.494 e. The number of unbranched alkanes of at least 4 members (excludes halogenated alkanes) is 2. The highest BCUT2D eigenvalue weighted by atomic mass is 16.5. The van der Waals surface area contributed by atoms with Gasteiger partial charge in [-0.3, -0.25) is 0 Å². The van der Waals surface area contributed by atoms with Crippen molar-refractivity contribution in [2.45, 2.75) is 106 Å². The molecule has 0 saturated carbocycles. The van der Waals surface area contributed by atoms with Gasteiger partial charge >= 0.3 is 0 Å². The Kier molecular flexibility index (Phi) is 12.6. The summed E-state index contributed by atoms with van der Waals surface area (Å²) in [6.07, 6.45) is 4.27. The summed E-state index contributed by atoms with van der Waals surface area (Å²) in [7, 11) is 0. The summed E-state index contributed by atoms with van der Waals surface area (Å²) < 4.78 is 12.4. The Morgan fingerprint density at radius 3 is 1.02 bits per heavy atom. The van der Waals surface area contributed by atoms with Gasteiger partial charge in [0.25, 0.3) is 0 Å². The van der Waals surface area contributed by atoms with Gasteiger partial charge in [0.1, 0.15) is 11.5 Å². The third-order valence-electron chi connectivity index (χ3n) is 11.5. The van der Waals surface area contributed by atoms with Crippen molar-refractivity contribution in [3.8, 4) is 11.5 Å². The minimum atomic E-state index is -0.0763. The van der Waals surface area contributed by atoms with E-state index < -0.39 is 0 Å². The van der Waals surface area contributed by atoms with E-state index >= 15 is 0 Å². The summed E-state index contributed by atoms with van der Waals surface area (Å²) >= 11 is 0. The van der Waals surface area contributed by atoms with E-state index in [4.69, 9.17) is 9.47 Å². The molecule has 4 heteroatoms. The number of hydrogen-bond donors (Lipinski definition) is 0. The second kappa shape index (κ2) is 17.9. The lowest BCUT2D eigenvalue weighted by atomic mass is 9.82. The van der Waals surface area contributed by atoms with Crippen molar-refractivity contribution in [1.82, 2.24) is 0 Å². The van der Waals surface area contributed by atoms with Crippen molar-refractivity contribution < 1.29 is 9.47 Å². The molecule has 0 aliphatic rings. The molecule has 0 atom stereocenters. The number of aryl methyl sites for hydroxylation is 2. The molecule has 60 heavy (non-hydrogen) atoms. The lowest BCUT2D eigenvalue weighted by Gasteiger charge is -2.34. The number of anilines is 6. The number of nitrogens with zero attached hydrogens (tertiary/aromatic N) is 2. The maximum Gasteiger partial charge on any atom is 0.119 e. The van der Waals surface area contributed by atoms with E-state index in [-0.39, 0.29) is 10.8 Å². The van der Waals surface area contributed by atoms with Crippen LogP contribution in [0.1, 0.15) is 103 Å². The molecule has 0 saturated heterocycles. The number of hydrogen-bond acceptors (Lipinski definition) is 4. The van der Waals surface area contributed by atoms with Crippen LogP contribution in [0.15, 0.2) is 133 Å². The molecule has 0 unspecified atom stereocenters. The first-order chi connectivity index (χ1) is 28.8. The van der Waals surface area contributed by atoms with E-state index in [1.807, 2.05) is 0 Å². The monoisotopic (exact) mass is 796 g/mol. The smallest absolute Gasteiger partial charge is 0.119 e. The Bertz CT molecular complexity index is 2340. The highest BCUT2D eigenvalue weighted by molar-refractivity contribution is 6.23. The summed E-state index contributed by atoms with van der Waals surface area (Å²) in [5.74, 6) is 1.78. The Hall–Kier alpha value is -5.74. The van der Waals surface area contributed by atoms with Crippen molar-refractivity contribution >= 4 is 55.7 Å². The van der Waals surface area contributed by atoms with Gasteiger partial charge in [0, 0.05) is 44.3 Å². The lowest BCUT2D eigenvalue weighted by Crippen LogP contribution is -2.17. The SMILES string of the molecule is CCCCOc1ccc(N(c2ccc(C)cc2)c2c3ccc(C(C)(C)C)cc3c(N(c3ccc(C)cc3)c3ccc(OCCCC)cc3)c3ccc(C(C)(C)C)cc23)cc1. The van der Waals surface area contributed by atoms with E-state index in [1.165, 1.54) is 43.8 Å². The highest BCUT2D eigenvalue weighted by Gasteiger charge is 2.28. The molecule has 7 aromatic rings. The van der Waals surface area contributed by atoms with Crippen LogP contribution in [0.25, 0.3) is 21.5 Å². The maximum atomic E-state index is 6.18. The minimum absolute atomic E-state index is 0.0763. The zero-order chi connectivity index (χ0) is 42.6. The molecule has 0 N–H and O–H groups in total. The second-order valence-corrected chi connectivity index (χ2v) is 18.5. The molecule has 0 aliphatic carbocycles. The highest BCUT2D eigenvalue weighted by Crippen LogP contribution is 2.52. The van der Waals surface area contributed by atoms with Gasteiger partial charge in [0.15, 0.2) is 0 Å². The summed E-state index contributed by atoms with van der Waals surface area (Å²) in [5.41, 5.74) is 11.5. The van der Waals surface area contributed by atoms with Gasteiger partial charge in [-0.15, -0.1) is 0 Å². The van der Waals surface area contributed by atoms with Crippen molar-refractivity contribution in [3.63, 3.8) is 0 Å². The zero-order valence-electron chi connectivity index (χ0n) is 37.7. The topological polar surface area (TPSA) is 24.9 Å². The van der Waals surface area contributed by atoms with Crippen LogP contribution in [-0.4, -0.2) is 13.2 Å². The van der Waals surface area contributed by atoms with Gasteiger partial charge in [-0.25, -0.2) is 0 Å². The fraction of sp³-hybridized carbons (Fsp3) is 0.321. The molecule has 0 aliphatic heterocycles. The third kappa shape index (κ3) is 9.19. The van der Waals surface area contributed by atoms with Gasteiger partial charge in [0.2, 0.25) is 0 Å². The molecule has 0 aromatic heterocycles. The summed E-state index contributed by atoms with van der Waals surface area (Å²) in [5, 5.41) is 4.73. The molecule has 4 nitrogen and oxygen atoms in total. The van der Waals surface area contributed by atoms with E-state index in [0.717, 1.165) is 71.3 Å². The van der Waals surface area contributed by atoms with Gasteiger partial charge in [-0.2, -0.15) is 0 Å². The van der Waals surface area contributed by atoms with Crippen molar-refractivity contribution in [2.24, 2.45) is 0 Å². The molecule has 0 radical (unpaired) electrons. The molecule has 0 fully saturated rings. The van der Waals surface area contributed by atoms with Crippen LogP contribution >= 0.6 is 0 Å². The standard InChI is InChI=1S/C56H64N2O2/c1-11-13-35-59-47-29-25-45(26-30-47)57(43-21-15-39(3)16-22-43)53-49-33-19-42(56(8,9)10)38-52(49)54(50-34-20-41(37-51(50)53)55(5,6)7)58(44-23-17-40(4)18-24-44)46-27-31-48(32-28-46)60-36-14-12-2/h15-34,37-38H,11-14,35-36H2,1-10H3. The summed E-state index contributed by atoms with van der Waals surface area (Å²) in [6, 6.07) is 49.6. The number of benzene rings is 7. The van der Waals surface area contributed by atoms with Gasteiger partial charge in [0.05, 0.1) is 24.6 Å². The molecule has 0 amide bonds. The van der Waals surface area contributed by atoms with Crippen LogP contribution in [0.5, 0.6) is 11.5 Å².